The van der Waals surface area contributed by atoms with Gasteiger partial charge in [-0.3, -0.25) is 4.79 Å². The molecule has 8 nitrogen and oxygen atoms in total. The lowest BCUT2D eigenvalue weighted by Crippen LogP contribution is -2.36. The highest BCUT2D eigenvalue weighted by molar-refractivity contribution is 6.03. The van der Waals surface area contributed by atoms with Gasteiger partial charge in [-0.25, -0.2) is 4.98 Å². The maximum absolute atomic E-state index is 13.0. The predicted molar refractivity (Wildman–Crippen MR) is 124 cm³/mol. The highest BCUT2D eigenvalue weighted by atomic mass is 19.4. The average molecular weight is 483 g/mol. The number of nitrogens with one attached hydrogen (secondary N) is 2. The number of pyridine rings is 1. The fourth-order valence-electron chi connectivity index (χ4n) is 3.63. The zero-order valence-corrected chi connectivity index (χ0v) is 18.3. The SMILES string of the molecule is O=C(Nc1ccc2nc(N3CCOCC3)oc2c1)c1cccc(Nc2cccc(C(F)(F)F)c2)n1. The van der Waals surface area contributed by atoms with Gasteiger partial charge >= 0.3 is 6.18 Å². The van der Waals surface area contributed by atoms with E-state index in [0.717, 1.165) is 12.1 Å². The molecule has 1 aliphatic heterocycles. The number of benzene rings is 2. The van der Waals surface area contributed by atoms with Gasteiger partial charge in [0.2, 0.25) is 0 Å². The van der Waals surface area contributed by atoms with E-state index in [0.29, 0.717) is 49.1 Å². The van der Waals surface area contributed by atoms with Crippen molar-refractivity contribution in [3.05, 3.63) is 71.9 Å². The van der Waals surface area contributed by atoms with Gasteiger partial charge in [0.1, 0.15) is 17.0 Å². The second kappa shape index (κ2) is 9.26. The first-order valence-corrected chi connectivity index (χ1v) is 10.8. The second-order valence-corrected chi connectivity index (χ2v) is 7.84. The van der Waals surface area contributed by atoms with E-state index in [-0.39, 0.29) is 17.2 Å². The molecule has 2 N–H and O–H groups in total. The molecule has 0 aliphatic carbocycles. The molecular weight excluding hydrogens is 463 g/mol. The summed E-state index contributed by atoms with van der Waals surface area (Å²) in [5, 5.41) is 5.57. The number of anilines is 4. The molecule has 180 valence electrons. The Hall–Kier alpha value is -4.12. The van der Waals surface area contributed by atoms with Gasteiger partial charge in [-0.15, -0.1) is 0 Å². The molecule has 1 aliphatic rings. The number of halogens is 3. The molecule has 35 heavy (non-hydrogen) atoms. The molecule has 1 saturated heterocycles. The number of nitrogens with zero attached hydrogens (tertiary/aromatic N) is 3. The Morgan fingerprint density at radius 1 is 0.943 bits per heavy atom. The first-order valence-electron chi connectivity index (χ1n) is 10.8. The molecule has 0 saturated carbocycles. The van der Waals surface area contributed by atoms with Gasteiger partial charge in [-0.2, -0.15) is 18.2 Å². The van der Waals surface area contributed by atoms with Crippen LogP contribution < -0.4 is 15.5 Å². The van der Waals surface area contributed by atoms with E-state index in [9.17, 15) is 18.0 Å². The summed E-state index contributed by atoms with van der Waals surface area (Å²) in [6, 6.07) is 15.0. The van der Waals surface area contributed by atoms with Gasteiger partial charge in [-0.1, -0.05) is 12.1 Å². The Morgan fingerprint density at radius 3 is 2.54 bits per heavy atom. The van der Waals surface area contributed by atoms with Crippen molar-refractivity contribution in [3.8, 4) is 0 Å². The fourth-order valence-corrected chi connectivity index (χ4v) is 3.63. The van der Waals surface area contributed by atoms with E-state index in [4.69, 9.17) is 9.15 Å². The van der Waals surface area contributed by atoms with Crippen molar-refractivity contribution >= 4 is 40.2 Å². The van der Waals surface area contributed by atoms with Gasteiger partial charge in [0, 0.05) is 30.5 Å². The van der Waals surface area contributed by atoms with Gasteiger partial charge in [0.05, 0.1) is 18.8 Å². The number of carbonyl (C=O) groups is 1. The molecule has 0 bridgehead atoms. The third-order valence-electron chi connectivity index (χ3n) is 5.36. The van der Waals surface area contributed by atoms with Crippen LogP contribution >= 0.6 is 0 Å². The average Bonchev–Trinajstić information content (AvgIpc) is 3.28. The fraction of sp³-hybridized carbons (Fsp3) is 0.208. The minimum Gasteiger partial charge on any atom is -0.423 e. The Kier molecular flexibility index (Phi) is 6.00. The van der Waals surface area contributed by atoms with Crippen molar-refractivity contribution in [2.45, 2.75) is 6.18 Å². The van der Waals surface area contributed by atoms with Crippen LogP contribution in [0, 0.1) is 0 Å². The van der Waals surface area contributed by atoms with Crippen molar-refractivity contribution < 1.29 is 27.1 Å². The lowest BCUT2D eigenvalue weighted by atomic mass is 10.2. The maximum atomic E-state index is 13.0. The molecule has 0 atom stereocenters. The highest BCUT2D eigenvalue weighted by Crippen LogP contribution is 2.31. The summed E-state index contributed by atoms with van der Waals surface area (Å²) in [5.41, 5.74) is 1.19. The number of hydrogen-bond donors (Lipinski definition) is 2. The van der Waals surface area contributed by atoms with Crippen LogP contribution in [0.2, 0.25) is 0 Å². The van der Waals surface area contributed by atoms with Crippen LogP contribution in [0.3, 0.4) is 0 Å². The molecular formula is C24H20F3N5O3. The van der Waals surface area contributed by atoms with Crippen LogP contribution in [0.25, 0.3) is 11.1 Å². The Balaban J connectivity index is 1.30. The number of ether oxygens (including phenoxy) is 1. The summed E-state index contributed by atoms with van der Waals surface area (Å²) < 4.78 is 50.1. The van der Waals surface area contributed by atoms with Crippen molar-refractivity contribution in [3.63, 3.8) is 0 Å². The van der Waals surface area contributed by atoms with E-state index in [1.807, 2.05) is 4.90 Å². The largest absolute Gasteiger partial charge is 0.423 e. The summed E-state index contributed by atoms with van der Waals surface area (Å²) in [5.74, 6) is -0.247. The van der Waals surface area contributed by atoms with Crippen LogP contribution in [-0.2, 0) is 10.9 Å². The zero-order valence-electron chi connectivity index (χ0n) is 18.3. The second-order valence-electron chi connectivity index (χ2n) is 7.84. The summed E-state index contributed by atoms with van der Waals surface area (Å²) in [4.78, 5) is 23.5. The molecule has 4 aromatic rings. The molecule has 0 radical (unpaired) electrons. The van der Waals surface area contributed by atoms with Crippen LogP contribution in [-0.4, -0.2) is 42.2 Å². The van der Waals surface area contributed by atoms with Crippen LogP contribution in [0.15, 0.2) is 65.1 Å². The van der Waals surface area contributed by atoms with E-state index >= 15 is 0 Å². The quantitative estimate of drug-likeness (QED) is 0.409. The normalized spacial score (nSPS) is 14.2. The van der Waals surface area contributed by atoms with Crippen molar-refractivity contribution in [1.29, 1.82) is 0 Å². The summed E-state index contributed by atoms with van der Waals surface area (Å²) >= 11 is 0. The zero-order chi connectivity index (χ0) is 24.4. The topological polar surface area (TPSA) is 92.5 Å². The van der Waals surface area contributed by atoms with E-state index < -0.39 is 17.6 Å². The molecule has 3 heterocycles. The predicted octanol–water partition coefficient (Wildman–Crippen LogP) is 5.07. The number of aromatic nitrogens is 2. The standard InChI is InChI=1S/C24H20F3N5O3/c25-24(26,27)15-3-1-4-16(13-15)28-21-6-2-5-19(30-21)22(33)29-17-7-8-18-20(14-17)35-23(31-18)32-9-11-34-12-10-32/h1-8,13-14H,9-12H2,(H,28,30)(H,29,33). The highest BCUT2D eigenvalue weighted by Gasteiger charge is 2.30. The van der Waals surface area contributed by atoms with Gasteiger partial charge < -0.3 is 24.7 Å². The molecule has 2 aromatic carbocycles. The lowest BCUT2D eigenvalue weighted by Gasteiger charge is -2.24. The van der Waals surface area contributed by atoms with Crippen molar-refractivity contribution in [1.82, 2.24) is 9.97 Å². The molecule has 5 rings (SSSR count). The molecule has 0 spiro atoms. The van der Waals surface area contributed by atoms with Gasteiger partial charge in [0.25, 0.3) is 11.9 Å². The monoisotopic (exact) mass is 483 g/mol. The number of rotatable bonds is 5. The minimum atomic E-state index is -4.46. The molecule has 1 fully saturated rings. The minimum absolute atomic E-state index is 0.0913. The number of hydrogen-bond acceptors (Lipinski definition) is 7. The van der Waals surface area contributed by atoms with Crippen LogP contribution in [0.5, 0.6) is 0 Å². The third-order valence-corrected chi connectivity index (χ3v) is 5.36. The van der Waals surface area contributed by atoms with Gasteiger partial charge in [0.15, 0.2) is 5.58 Å². The Bertz CT molecular complexity index is 1370. The number of carbonyl (C=O) groups excluding carboxylic acids is 1. The number of fused-ring (bicyclic) bond motifs is 1. The smallest absolute Gasteiger partial charge is 0.416 e. The Morgan fingerprint density at radius 2 is 1.74 bits per heavy atom. The Labute approximate surface area is 197 Å². The van der Waals surface area contributed by atoms with E-state index in [2.05, 4.69) is 20.6 Å². The molecule has 1 amide bonds. The van der Waals surface area contributed by atoms with E-state index in [1.54, 1.807) is 30.3 Å². The number of morpholine rings is 1. The van der Waals surface area contributed by atoms with Gasteiger partial charge in [-0.05, 0) is 42.5 Å². The van der Waals surface area contributed by atoms with Crippen LogP contribution in [0.1, 0.15) is 16.1 Å². The molecule has 11 heteroatoms. The number of oxazole rings is 1. The van der Waals surface area contributed by atoms with E-state index in [1.165, 1.54) is 18.2 Å². The summed E-state index contributed by atoms with van der Waals surface area (Å²) in [6.45, 7) is 2.59. The molecule has 2 aromatic heterocycles. The first kappa shape index (κ1) is 22.7. The van der Waals surface area contributed by atoms with Crippen molar-refractivity contribution in [2.24, 2.45) is 0 Å². The third kappa shape index (κ3) is 5.19. The number of amides is 1. The summed E-state index contributed by atoms with van der Waals surface area (Å²) in [6.07, 6.45) is -4.46. The summed E-state index contributed by atoms with van der Waals surface area (Å²) in [7, 11) is 0. The lowest BCUT2D eigenvalue weighted by molar-refractivity contribution is -0.137. The first-order chi connectivity index (χ1) is 16.8. The van der Waals surface area contributed by atoms with Crippen molar-refractivity contribution in [2.75, 3.05) is 41.8 Å². The number of alkyl halides is 3. The maximum Gasteiger partial charge on any atom is 0.416 e. The molecule has 0 unspecified atom stereocenters. The van der Waals surface area contributed by atoms with Crippen LogP contribution in [0.4, 0.5) is 36.4 Å².